The Bertz CT molecular complexity index is 1080. The summed E-state index contributed by atoms with van der Waals surface area (Å²) in [6.07, 6.45) is 4.38. The fraction of sp³-hybridized carbons (Fsp3) is 0.0952. The van der Waals surface area contributed by atoms with Crippen LogP contribution in [-0.2, 0) is 11.2 Å². The largest absolute Gasteiger partial charge is 0.301 e. The number of carbonyl (C=O) groups is 1. The number of rotatable bonds is 4. The SMILES string of the molecule is O=C1NC(=NCCc2ccccc2Cl)S/C1=C\c1ccc2ncccc2c1. The first kappa shape index (κ1) is 17.8. The Morgan fingerprint density at radius 1 is 1.15 bits per heavy atom. The molecule has 0 aliphatic carbocycles. The van der Waals surface area contributed by atoms with Gasteiger partial charge in [-0.3, -0.25) is 14.8 Å². The Labute approximate surface area is 166 Å². The van der Waals surface area contributed by atoms with Crippen molar-refractivity contribution >= 4 is 51.4 Å². The zero-order valence-electron chi connectivity index (χ0n) is 14.4. The lowest BCUT2D eigenvalue weighted by Crippen LogP contribution is -2.20. The summed E-state index contributed by atoms with van der Waals surface area (Å²) < 4.78 is 0. The van der Waals surface area contributed by atoms with Crippen molar-refractivity contribution in [2.45, 2.75) is 6.42 Å². The molecule has 27 heavy (non-hydrogen) atoms. The molecule has 3 aromatic rings. The molecule has 0 spiro atoms. The number of nitrogens with one attached hydrogen (secondary N) is 1. The summed E-state index contributed by atoms with van der Waals surface area (Å²) >= 11 is 7.52. The van der Waals surface area contributed by atoms with Gasteiger partial charge < -0.3 is 5.32 Å². The molecule has 1 aliphatic heterocycles. The molecular weight excluding hydrogens is 378 g/mol. The van der Waals surface area contributed by atoms with Gasteiger partial charge >= 0.3 is 0 Å². The third kappa shape index (κ3) is 4.21. The molecule has 0 radical (unpaired) electrons. The smallest absolute Gasteiger partial charge is 0.264 e. The maximum Gasteiger partial charge on any atom is 0.264 e. The lowest BCUT2D eigenvalue weighted by Gasteiger charge is -2.01. The van der Waals surface area contributed by atoms with Crippen LogP contribution in [0.4, 0.5) is 0 Å². The number of carbonyl (C=O) groups excluding carboxylic acids is 1. The number of amidine groups is 1. The summed E-state index contributed by atoms with van der Waals surface area (Å²) in [5.74, 6) is -0.122. The molecule has 134 valence electrons. The second kappa shape index (κ2) is 7.94. The molecule has 2 heterocycles. The van der Waals surface area contributed by atoms with Gasteiger partial charge in [0.1, 0.15) is 0 Å². The fourth-order valence-electron chi connectivity index (χ4n) is 2.82. The minimum Gasteiger partial charge on any atom is -0.301 e. The molecular formula is C21H16ClN3OS. The number of amides is 1. The number of nitrogens with zero attached hydrogens (tertiary/aromatic N) is 2. The summed E-state index contributed by atoms with van der Waals surface area (Å²) in [7, 11) is 0. The summed E-state index contributed by atoms with van der Waals surface area (Å²) in [6.45, 7) is 0.571. The predicted octanol–water partition coefficient (Wildman–Crippen LogP) is 4.69. The first-order valence-corrected chi connectivity index (χ1v) is 9.72. The van der Waals surface area contributed by atoms with Gasteiger partial charge in [0.2, 0.25) is 0 Å². The highest BCUT2D eigenvalue weighted by Gasteiger charge is 2.23. The first-order chi connectivity index (χ1) is 13.2. The summed E-state index contributed by atoms with van der Waals surface area (Å²) in [4.78, 5) is 21.7. The van der Waals surface area contributed by atoms with Gasteiger partial charge in [0.05, 0.1) is 10.4 Å². The minimum absolute atomic E-state index is 0.122. The quantitative estimate of drug-likeness (QED) is 0.654. The second-order valence-corrected chi connectivity index (χ2v) is 7.49. The molecule has 1 amide bonds. The normalized spacial score (nSPS) is 17.0. The molecule has 1 N–H and O–H groups in total. The van der Waals surface area contributed by atoms with Crippen LogP contribution in [-0.4, -0.2) is 22.6 Å². The number of hydrogen-bond acceptors (Lipinski definition) is 4. The van der Waals surface area contributed by atoms with E-state index in [1.54, 1.807) is 6.20 Å². The van der Waals surface area contributed by atoms with Crippen LogP contribution in [0.3, 0.4) is 0 Å². The van der Waals surface area contributed by atoms with E-state index in [4.69, 9.17) is 11.6 Å². The van der Waals surface area contributed by atoms with Gasteiger partial charge in [-0.15, -0.1) is 0 Å². The standard InChI is InChI=1S/C21H16ClN3OS/c22-17-6-2-1-4-15(17)9-11-24-21-25-20(26)19(27-21)13-14-7-8-18-16(12-14)5-3-10-23-18/h1-8,10,12-13H,9,11H2,(H,24,25,26)/b19-13-. The van der Waals surface area contributed by atoms with Crippen molar-refractivity contribution in [1.29, 1.82) is 0 Å². The van der Waals surface area contributed by atoms with E-state index in [-0.39, 0.29) is 5.91 Å². The number of thioether (sulfide) groups is 1. The van der Waals surface area contributed by atoms with Crippen LogP contribution in [0.15, 0.2) is 70.7 Å². The zero-order chi connectivity index (χ0) is 18.6. The van der Waals surface area contributed by atoms with E-state index < -0.39 is 0 Å². The van der Waals surface area contributed by atoms with E-state index in [0.717, 1.165) is 33.5 Å². The Morgan fingerprint density at radius 2 is 2.04 bits per heavy atom. The van der Waals surface area contributed by atoms with E-state index in [1.165, 1.54) is 11.8 Å². The zero-order valence-corrected chi connectivity index (χ0v) is 15.9. The highest BCUT2D eigenvalue weighted by Crippen LogP contribution is 2.27. The maximum absolute atomic E-state index is 12.2. The molecule has 0 bridgehead atoms. The van der Waals surface area contributed by atoms with Crippen molar-refractivity contribution < 1.29 is 4.79 Å². The number of halogens is 1. The minimum atomic E-state index is -0.122. The van der Waals surface area contributed by atoms with Crippen LogP contribution >= 0.6 is 23.4 Å². The molecule has 1 fully saturated rings. The Kier molecular flexibility index (Phi) is 5.23. The van der Waals surface area contributed by atoms with Gasteiger partial charge in [0.15, 0.2) is 5.17 Å². The first-order valence-electron chi connectivity index (χ1n) is 8.52. The molecule has 1 aliphatic rings. The van der Waals surface area contributed by atoms with Crippen LogP contribution in [0.2, 0.25) is 5.02 Å². The summed E-state index contributed by atoms with van der Waals surface area (Å²) in [6, 6.07) is 17.6. The molecule has 2 aromatic carbocycles. The van der Waals surface area contributed by atoms with Gasteiger partial charge in [0, 0.05) is 23.2 Å². The predicted molar refractivity (Wildman–Crippen MR) is 113 cm³/mol. The molecule has 4 nitrogen and oxygen atoms in total. The van der Waals surface area contributed by atoms with Crippen LogP contribution in [0.1, 0.15) is 11.1 Å². The highest BCUT2D eigenvalue weighted by atomic mass is 35.5. The number of hydrogen-bond donors (Lipinski definition) is 1. The van der Waals surface area contributed by atoms with Crippen LogP contribution < -0.4 is 5.32 Å². The van der Waals surface area contributed by atoms with Crippen molar-refractivity contribution in [3.05, 3.63) is 81.8 Å². The molecule has 0 atom stereocenters. The van der Waals surface area contributed by atoms with Crippen molar-refractivity contribution in [2.24, 2.45) is 4.99 Å². The van der Waals surface area contributed by atoms with Crippen molar-refractivity contribution in [1.82, 2.24) is 10.3 Å². The number of benzene rings is 2. The molecule has 1 saturated heterocycles. The van der Waals surface area contributed by atoms with Gasteiger partial charge in [-0.25, -0.2) is 0 Å². The Hall–Kier alpha value is -2.63. The Balaban J connectivity index is 1.46. The average Bonchev–Trinajstić information content (AvgIpc) is 3.02. The third-order valence-corrected chi connectivity index (χ3v) is 5.49. The molecule has 6 heteroatoms. The van der Waals surface area contributed by atoms with Crippen molar-refractivity contribution in [3.63, 3.8) is 0 Å². The van der Waals surface area contributed by atoms with Crippen molar-refractivity contribution in [2.75, 3.05) is 6.54 Å². The molecule has 0 unspecified atom stereocenters. The van der Waals surface area contributed by atoms with Crippen molar-refractivity contribution in [3.8, 4) is 0 Å². The third-order valence-electron chi connectivity index (χ3n) is 4.17. The monoisotopic (exact) mass is 393 g/mol. The van der Waals surface area contributed by atoms with Crippen LogP contribution in [0.5, 0.6) is 0 Å². The number of pyridine rings is 1. The summed E-state index contributed by atoms with van der Waals surface area (Å²) in [5.41, 5.74) is 2.95. The van der Waals surface area contributed by atoms with Crippen LogP contribution in [0, 0.1) is 0 Å². The van der Waals surface area contributed by atoms with Gasteiger partial charge in [-0.05, 0) is 59.7 Å². The average molecular weight is 394 g/mol. The van der Waals surface area contributed by atoms with E-state index >= 15 is 0 Å². The number of aromatic nitrogens is 1. The topological polar surface area (TPSA) is 54.4 Å². The molecule has 1 aromatic heterocycles. The highest BCUT2D eigenvalue weighted by molar-refractivity contribution is 8.18. The van der Waals surface area contributed by atoms with E-state index in [9.17, 15) is 4.79 Å². The second-order valence-electron chi connectivity index (χ2n) is 6.05. The van der Waals surface area contributed by atoms with Gasteiger partial charge in [-0.2, -0.15) is 0 Å². The fourth-order valence-corrected chi connectivity index (χ4v) is 3.89. The lowest BCUT2D eigenvalue weighted by molar-refractivity contribution is -0.115. The van der Waals surface area contributed by atoms with Gasteiger partial charge in [-0.1, -0.05) is 41.9 Å². The lowest BCUT2D eigenvalue weighted by atomic mass is 10.1. The summed E-state index contributed by atoms with van der Waals surface area (Å²) in [5, 5.41) is 5.24. The number of fused-ring (bicyclic) bond motifs is 1. The Morgan fingerprint density at radius 3 is 2.93 bits per heavy atom. The van der Waals surface area contributed by atoms with E-state index in [0.29, 0.717) is 16.6 Å². The van der Waals surface area contributed by atoms with Gasteiger partial charge in [0.25, 0.3) is 5.91 Å². The molecule has 0 saturated carbocycles. The number of aliphatic imine (C=N–C) groups is 1. The van der Waals surface area contributed by atoms with E-state index in [2.05, 4.69) is 15.3 Å². The van der Waals surface area contributed by atoms with E-state index in [1.807, 2.05) is 60.7 Å². The van der Waals surface area contributed by atoms with Crippen LogP contribution in [0.25, 0.3) is 17.0 Å². The molecule has 4 rings (SSSR count). The maximum atomic E-state index is 12.2.